The van der Waals surface area contributed by atoms with E-state index in [-0.39, 0.29) is 11.9 Å². The number of benzene rings is 3. The molecule has 0 bridgehead atoms. The van der Waals surface area contributed by atoms with E-state index in [1.165, 1.54) is 12.1 Å². The lowest BCUT2D eigenvalue weighted by atomic mass is 10.1. The van der Waals surface area contributed by atoms with E-state index in [4.69, 9.17) is 10.5 Å². The zero-order chi connectivity index (χ0) is 18.8. The third-order valence-electron chi connectivity index (χ3n) is 4.35. The van der Waals surface area contributed by atoms with Crippen LogP contribution in [-0.4, -0.2) is 15.8 Å². The van der Waals surface area contributed by atoms with Crippen LogP contribution >= 0.6 is 0 Å². The zero-order valence-corrected chi connectivity index (χ0v) is 15.0. The molecule has 27 heavy (non-hydrogen) atoms. The molecule has 0 aliphatic heterocycles. The van der Waals surface area contributed by atoms with E-state index in [1.807, 2.05) is 49.4 Å². The van der Waals surface area contributed by atoms with Gasteiger partial charge >= 0.3 is 0 Å². The minimum Gasteiger partial charge on any atom is -0.457 e. The molecule has 0 amide bonds. The fraction of sp³-hybridized carbons (Fsp3) is 0.136. The second kappa shape index (κ2) is 7.21. The molecule has 4 aromatic rings. The molecule has 0 aliphatic carbocycles. The first-order chi connectivity index (χ1) is 13.1. The van der Waals surface area contributed by atoms with Gasteiger partial charge in [0.2, 0.25) is 0 Å². The third-order valence-corrected chi connectivity index (χ3v) is 4.35. The standard InChI is InChI=1S/C22H20FN3O/c1-15(24)12-16-4-2-3-5-22(16)27-20-10-11-21-17(13-20)14-25-26(21)19-8-6-18(23)7-9-19/h2-11,13-15H,12,24H2,1H3/t15-/m0/s1. The molecule has 4 rings (SSSR count). The second-order valence-corrected chi connectivity index (χ2v) is 6.64. The van der Waals surface area contributed by atoms with Crippen molar-refractivity contribution in [2.45, 2.75) is 19.4 Å². The van der Waals surface area contributed by atoms with Crippen molar-refractivity contribution in [3.63, 3.8) is 0 Å². The van der Waals surface area contributed by atoms with Crippen molar-refractivity contribution in [1.29, 1.82) is 0 Å². The van der Waals surface area contributed by atoms with Gasteiger partial charge in [-0.15, -0.1) is 0 Å². The van der Waals surface area contributed by atoms with E-state index in [1.54, 1.807) is 23.0 Å². The van der Waals surface area contributed by atoms with Gasteiger partial charge in [-0.1, -0.05) is 18.2 Å². The Kier molecular flexibility index (Phi) is 4.60. The van der Waals surface area contributed by atoms with E-state index in [0.717, 1.165) is 40.1 Å². The maximum atomic E-state index is 13.2. The van der Waals surface area contributed by atoms with Crippen LogP contribution < -0.4 is 10.5 Å². The first-order valence-corrected chi connectivity index (χ1v) is 8.85. The number of para-hydroxylation sites is 1. The molecule has 0 unspecified atom stereocenters. The monoisotopic (exact) mass is 361 g/mol. The van der Waals surface area contributed by atoms with E-state index in [9.17, 15) is 4.39 Å². The topological polar surface area (TPSA) is 53.1 Å². The number of hydrogen-bond donors (Lipinski definition) is 1. The van der Waals surface area contributed by atoms with Crippen LogP contribution in [0, 0.1) is 5.82 Å². The van der Waals surface area contributed by atoms with Crippen molar-refractivity contribution >= 4 is 10.9 Å². The molecule has 1 atom stereocenters. The molecule has 0 radical (unpaired) electrons. The van der Waals surface area contributed by atoms with Gasteiger partial charge in [-0.05, 0) is 67.4 Å². The van der Waals surface area contributed by atoms with Crippen molar-refractivity contribution in [1.82, 2.24) is 9.78 Å². The van der Waals surface area contributed by atoms with Gasteiger partial charge in [0.05, 0.1) is 17.4 Å². The molecule has 1 aromatic heterocycles. The average Bonchev–Trinajstić information content (AvgIpc) is 3.07. The number of hydrogen-bond acceptors (Lipinski definition) is 3. The maximum Gasteiger partial charge on any atom is 0.130 e. The minimum absolute atomic E-state index is 0.0613. The average molecular weight is 361 g/mol. The van der Waals surface area contributed by atoms with Crippen LogP contribution in [0.3, 0.4) is 0 Å². The van der Waals surface area contributed by atoms with Gasteiger partial charge in [-0.25, -0.2) is 9.07 Å². The highest BCUT2D eigenvalue weighted by Crippen LogP contribution is 2.29. The molecule has 0 saturated heterocycles. The van der Waals surface area contributed by atoms with E-state index in [2.05, 4.69) is 5.10 Å². The predicted octanol–water partition coefficient (Wildman–Crippen LogP) is 4.85. The van der Waals surface area contributed by atoms with Crippen LogP contribution in [0.5, 0.6) is 11.5 Å². The maximum absolute atomic E-state index is 13.2. The number of nitrogens with zero attached hydrogens (tertiary/aromatic N) is 2. The Hall–Kier alpha value is -3.18. The van der Waals surface area contributed by atoms with Crippen LogP contribution in [-0.2, 0) is 6.42 Å². The summed E-state index contributed by atoms with van der Waals surface area (Å²) in [7, 11) is 0. The molecule has 136 valence electrons. The molecule has 0 saturated carbocycles. The van der Waals surface area contributed by atoms with Crippen molar-refractivity contribution < 1.29 is 9.13 Å². The van der Waals surface area contributed by atoms with Crippen LogP contribution in [0.15, 0.2) is 72.9 Å². The summed E-state index contributed by atoms with van der Waals surface area (Å²) in [6, 6.07) is 20.1. The van der Waals surface area contributed by atoms with Crippen LogP contribution in [0.25, 0.3) is 16.6 Å². The van der Waals surface area contributed by atoms with Crippen LogP contribution in [0.1, 0.15) is 12.5 Å². The van der Waals surface area contributed by atoms with Crippen LogP contribution in [0.2, 0.25) is 0 Å². The van der Waals surface area contributed by atoms with E-state index < -0.39 is 0 Å². The summed E-state index contributed by atoms with van der Waals surface area (Å²) in [5, 5.41) is 5.37. The Labute approximate surface area is 157 Å². The Morgan fingerprint density at radius 3 is 2.63 bits per heavy atom. The van der Waals surface area contributed by atoms with Gasteiger partial charge in [0, 0.05) is 11.4 Å². The Morgan fingerprint density at radius 2 is 1.85 bits per heavy atom. The van der Waals surface area contributed by atoms with E-state index in [0.29, 0.717) is 0 Å². The number of ether oxygens (including phenoxy) is 1. The minimum atomic E-state index is -0.267. The Bertz CT molecular complexity index is 1070. The summed E-state index contributed by atoms with van der Waals surface area (Å²) in [6.07, 6.45) is 2.53. The smallest absolute Gasteiger partial charge is 0.130 e. The zero-order valence-electron chi connectivity index (χ0n) is 15.0. The van der Waals surface area contributed by atoms with Crippen molar-refractivity contribution in [2.75, 3.05) is 0 Å². The lowest BCUT2D eigenvalue weighted by Crippen LogP contribution is -2.18. The van der Waals surface area contributed by atoms with Crippen LogP contribution in [0.4, 0.5) is 4.39 Å². The summed E-state index contributed by atoms with van der Waals surface area (Å²) < 4.78 is 21.0. The molecule has 5 heteroatoms. The SMILES string of the molecule is C[C@H](N)Cc1ccccc1Oc1ccc2c(cnn2-c2ccc(F)cc2)c1. The summed E-state index contributed by atoms with van der Waals surface area (Å²) in [6.45, 7) is 1.98. The fourth-order valence-electron chi connectivity index (χ4n) is 3.11. The molecular formula is C22H20FN3O. The Balaban J connectivity index is 1.65. The number of nitrogens with two attached hydrogens (primary N) is 1. The lowest BCUT2D eigenvalue weighted by Gasteiger charge is -2.13. The first-order valence-electron chi connectivity index (χ1n) is 8.85. The summed E-state index contributed by atoms with van der Waals surface area (Å²) in [4.78, 5) is 0. The van der Waals surface area contributed by atoms with Crippen molar-refractivity contribution in [3.05, 3.63) is 84.3 Å². The lowest BCUT2D eigenvalue weighted by molar-refractivity contribution is 0.474. The third kappa shape index (κ3) is 3.68. The summed E-state index contributed by atoms with van der Waals surface area (Å²) >= 11 is 0. The molecular weight excluding hydrogens is 341 g/mol. The molecule has 2 N–H and O–H groups in total. The van der Waals surface area contributed by atoms with Gasteiger partial charge < -0.3 is 10.5 Å². The number of fused-ring (bicyclic) bond motifs is 1. The summed E-state index contributed by atoms with van der Waals surface area (Å²) in [5.41, 5.74) is 8.75. The molecule has 1 heterocycles. The van der Waals surface area contributed by atoms with Gasteiger partial charge in [0.25, 0.3) is 0 Å². The first kappa shape index (κ1) is 17.2. The van der Waals surface area contributed by atoms with Crippen molar-refractivity contribution in [3.8, 4) is 17.2 Å². The highest BCUT2D eigenvalue weighted by molar-refractivity contribution is 5.81. The highest BCUT2D eigenvalue weighted by atomic mass is 19.1. The molecule has 0 fully saturated rings. The Morgan fingerprint density at radius 1 is 1.07 bits per heavy atom. The molecule has 0 aliphatic rings. The van der Waals surface area contributed by atoms with E-state index >= 15 is 0 Å². The van der Waals surface area contributed by atoms with Gasteiger partial charge in [-0.2, -0.15) is 5.10 Å². The molecule has 3 aromatic carbocycles. The highest BCUT2D eigenvalue weighted by Gasteiger charge is 2.10. The quantitative estimate of drug-likeness (QED) is 0.553. The number of rotatable bonds is 5. The largest absolute Gasteiger partial charge is 0.457 e. The second-order valence-electron chi connectivity index (χ2n) is 6.64. The van der Waals surface area contributed by atoms with Crippen molar-refractivity contribution in [2.24, 2.45) is 5.73 Å². The number of aromatic nitrogens is 2. The van der Waals surface area contributed by atoms with Gasteiger partial charge in [0.15, 0.2) is 0 Å². The molecule has 4 nitrogen and oxygen atoms in total. The van der Waals surface area contributed by atoms with Gasteiger partial charge in [-0.3, -0.25) is 0 Å². The number of halogens is 1. The predicted molar refractivity (Wildman–Crippen MR) is 105 cm³/mol. The summed E-state index contributed by atoms with van der Waals surface area (Å²) in [5.74, 6) is 1.27. The molecule has 0 spiro atoms. The van der Waals surface area contributed by atoms with Gasteiger partial charge in [0.1, 0.15) is 17.3 Å². The normalized spacial score (nSPS) is 12.3. The fourth-order valence-corrected chi connectivity index (χ4v) is 3.11.